The molecule has 0 amide bonds. The molecule has 2 aromatic carbocycles. The van der Waals surface area contributed by atoms with E-state index in [1.165, 1.54) is 4.52 Å². The molecule has 0 aliphatic carbocycles. The molecule has 2 heterocycles. The summed E-state index contributed by atoms with van der Waals surface area (Å²) in [5.41, 5.74) is 0.922. The van der Waals surface area contributed by atoms with E-state index in [-0.39, 0.29) is 16.2 Å². The zero-order valence-corrected chi connectivity index (χ0v) is 16.7. The van der Waals surface area contributed by atoms with Crippen molar-refractivity contribution in [2.75, 3.05) is 6.61 Å². The topological polar surface area (TPSA) is 73.6 Å². The van der Waals surface area contributed by atoms with Crippen molar-refractivity contribution in [3.8, 4) is 17.0 Å². The number of rotatable bonds is 6. The third-order valence-electron chi connectivity index (χ3n) is 4.38. The molecule has 0 saturated heterocycles. The molecule has 0 fully saturated rings. The lowest BCUT2D eigenvalue weighted by Crippen LogP contribution is -2.26. The van der Waals surface area contributed by atoms with Crippen LogP contribution in [0.15, 0.2) is 64.2 Å². The minimum absolute atomic E-state index is 0.165. The number of hydrogen-bond donors (Lipinski definition) is 0. The van der Waals surface area contributed by atoms with Crippen molar-refractivity contribution in [1.82, 2.24) is 14.6 Å². The molecule has 2 aromatic heterocycles. The first-order valence-corrected chi connectivity index (χ1v) is 10.2. The van der Waals surface area contributed by atoms with Gasteiger partial charge < -0.3 is 4.74 Å². The standard InChI is InChI=1S/C22H19N3O3S/c1-2-3-13-28-17-11-9-15(10-12-17)14-18-21(27)25-22(29-18)23-20(26)19(24-25)16-7-5-4-6-8-16/h4-12,14H,2-3,13H2,1H3/b18-14+. The van der Waals surface area contributed by atoms with Gasteiger partial charge >= 0.3 is 5.56 Å². The van der Waals surface area contributed by atoms with Crippen LogP contribution in [-0.4, -0.2) is 21.2 Å². The Labute approximate surface area is 170 Å². The number of unbranched alkanes of at least 4 members (excludes halogenated alkanes) is 1. The summed E-state index contributed by atoms with van der Waals surface area (Å²) in [6, 6.07) is 16.6. The minimum Gasteiger partial charge on any atom is -0.494 e. The summed E-state index contributed by atoms with van der Waals surface area (Å²) in [7, 11) is 0. The number of aromatic nitrogens is 3. The van der Waals surface area contributed by atoms with Gasteiger partial charge in [-0.25, -0.2) is 0 Å². The minimum atomic E-state index is -0.447. The van der Waals surface area contributed by atoms with E-state index in [0.29, 0.717) is 16.7 Å². The average molecular weight is 405 g/mol. The lowest BCUT2D eigenvalue weighted by atomic mass is 10.2. The van der Waals surface area contributed by atoms with Crippen LogP contribution in [0.3, 0.4) is 0 Å². The van der Waals surface area contributed by atoms with Crippen LogP contribution in [0.1, 0.15) is 25.3 Å². The Hall–Kier alpha value is -3.32. The predicted octanol–water partition coefficient (Wildman–Crippen LogP) is 2.90. The quantitative estimate of drug-likeness (QED) is 0.461. The molecule has 0 aliphatic heterocycles. The van der Waals surface area contributed by atoms with Crippen molar-refractivity contribution in [2.45, 2.75) is 19.8 Å². The summed E-state index contributed by atoms with van der Waals surface area (Å²) >= 11 is 1.15. The summed E-state index contributed by atoms with van der Waals surface area (Å²) in [6.07, 6.45) is 3.87. The molecule has 0 bridgehead atoms. The van der Waals surface area contributed by atoms with E-state index in [9.17, 15) is 9.59 Å². The van der Waals surface area contributed by atoms with Crippen LogP contribution in [-0.2, 0) is 0 Å². The Balaban J connectivity index is 1.71. The highest BCUT2D eigenvalue weighted by molar-refractivity contribution is 7.15. The van der Waals surface area contributed by atoms with Gasteiger partial charge in [0.05, 0.1) is 11.1 Å². The maximum absolute atomic E-state index is 12.8. The van der Waals surface area contributed by atoms with Gasteiger partial charge in [0, 0.05) is 5.56 Å². The zero-order chi connectivity index (χ0) is 20.2. The molecule has 0 aliphatic rings. The Morgan fingerprint density at radius 3 is 2.55 bits per heavy atom. The Morgan fingerprint density at radius 1 is 1.07 bits per heavy atom. The fraction of sp³-hybridized carbons (Fsp3) is 0.182. The second-order valence-corrected chi connectivity index (χ2v) is 7.52. The van der Waals surface area contributed by atoms with E-state index in [4.69, 9.17) is 4.74 Å². The van der Waals surface area contributed by atoms with Crippen LogP contribution in [0, 0.1) is 0 Å². The fourth-order valence-corrected chi connectivity index (χ4v) is 3.74. The molecule has 0 N–H and O–H groups in total. The maximum atomic E-state index is 12.8. The van der Waals surface area contributed by atoms with Crippen LogP contribution in [0.2, 0.25) is 0 Å². The van der Waals surface area contributed by atoms with Crippen molar-refractivity contribution in [3.05, 3.63) is 85.4 Å². The van der Waals surface area contributed by atoms with Gasteiger partial charge in [-0.05, 0) is 30.2 Å². The van der Waals surface area contributed by atoms with Crippen molar-refractivity contribution in [2.24, 2.45) is 0 Å². The Bertz CT molecular complexity index is 1300. The number of ether oxygens (including phenoxy) is 1. The van der Waals surface area contributed by atoms with Crippen molar-refractivity contribution >= 4 is 22.4 Å². The third-order valence-corrected chi connectivity index (χ3v) is 5.34. The maximum Gasteiger partial charge on any atom is 0.300 e. The van der Waals surface area contributed by atoms with E-state index >= 15 is 0 Å². The number of fused-ring (bicyclic) bond motifs is 1. The number of benzene rings is 2. The second-order valence-electron chi connectivity index (χ2n) is 6.51. The first kappa shape index (κ1) is 19.0. The van der Waals surface area contributed by atoms with E-state index in [0.717, 1.165) is 35.5 Å². The van der Waals surface area contributed by atoms with E-state index in [1.54, 1.807) is 18.2 Å². The van der Waals surface area contributed by atoms with Gasteiger partial charge in [-0.1, -0.05) is 67.1 Å². The first-order chi connectivity index (χ1) is 14.2. The molecule has 0 saturated carbocycles. The van der Waals surface area contributed by atoms with Crippen molar-refractivity contribution in [1.29, 1.82) is 0 Å². The smallest absolute Gasteiger partial charge is 0.300 e. The van der Waals surface area contributed by atoms with Gasteiger partial charge in [0.25, 0.3) is 5.56 Å². The van der Waals surface area contributed by atoms with Crippen LogP contribution >= 0.6 is 11.3 Å². The SMILES string of the molecule is CCCCOc1ccc(/C=c2/sc3nc(=O)c(-c4ccccc4)nn3c2=O)cc1. The van der Waals surface area contributed by atoms with Gasteiger partial charge in [0.1, 0.15) is 5.75 Å². The zero-order valence-electron chi connectivity index (χ0n) is 15.9. The van der Waals surface area contributed by atoms with Crippen LogP contribution in [0.5, 0.6) is 5.75 Å². The highest BCUT2D eigenvalue weighted by Gasteiger charge is 2.12. The molecule has 7 heteroatoms. The van der Waals surface area contributed by atoms with Gasteiger partial charge in [-0.2, -0.15) is 14.6 Å². The molecule has 4 rings (SSSR count). The number of hydrogen-bond acceptors (Lipinski definition) is 6. The summed E-state index contributed by atoms with van der Waals surface area (Å²) in [6.45, 7) is 2.81. The summed E-state index contributed by atoms with van der Waals surface area (Å²) in [4.78, 5) is 29.5. The summed E-state index contributed by atoms with van der Waals surface area (Å²) in [5, 5.41) is 4.26. The molecule has 0 radical (unpaired) electrons. The van der Waals surface area contributed by atoms with Crippen molar-refractivity contribution < 1.29 is 4.74 Å². The molecular weight excluding hydrogens is 386 g/mol. The Kier molecular flexibility index (Phi) is 5.48. The van der Waals surface area contributed by atoms with Crippen LogP contribution in [0.4, 0.5) is 0 Å². The normalized spacial score (nSPS) is 11.8. The number of thiazole rings is 1. The fourth-order valence-electron chi connectivity index (χ4n) is 2.83. The Morgan fingerprint density at radius 2 is 1.83 bits per heavy atom. The summed E-state index contributed by atoms with van der Waals surface area (Å²) in [5.74, 6) is 0.801. The van der Waals surface area contributed by atoms with E-state index in [1.807, 2.05) is 42.5 Å². The van der Waals surface area contributed by atoms with Gasteiger partial charge in [-0.15, -0.1) is 0 Å². The van der Waals surface area contributed by atoms with Crippen molar-refractivity contribution in [3.63, 3.8) is 0 Å². The largest absolute Gasteiger partial charge is 0.494 e. The van der Waals surface area contributed by atoms with E-state index in [2.05, 4.69) is 17.0 Å². The summed E-state index contributed by atoms with van der Waals surface area (Å²) < 4.78 is 7.32. The molecule has 4 aromatic rings. The van der Waals surface area contributed by atoms with Gasteiger partial charge in [-0.3, -0.25) is 9.59 Å². The highest BCUT2D eigenvalue weighted by atomic mass is 32.1. The monoisotopic (exact) mass is 405 g/mol. The van der Waals surface area contributed by atoms with Crippen LogP contribution in [0.25, 0.3) is 22.3 Å². The number of nitrogens with zero attached hydrogens (tertiary/aromatic N) is 3. The first-order valence-electron chi connectivity index (χ1n) is 9.39. The second kappa shape index (κ2) is 8.36. The predicted molar refractivity (Wildman–Crippen MR) is 114 cm³/mol. The highest BCUT2D eigenvalue weighted by Crippen LogP contribution is 2.14. The lowest BCUT2D eigenvalue weighted by molar-refractivity contribution is 0.309. The molecule has 146 valence electrons. The molecule has 0 unspecified atom stereocenters. The third kappa shape index (κ3) is 4.09. The molecule has 0 spiro atoms. The lowest BCUT2D eigenvalue weighted by Gasteiger charge is -2.04. The van der Waals surface area contributed by atoms with Crippen LogP contribution < -0.4 is 20.4 Å². The van der Waals surface area contributed by atoms with E-state index < -0.39 is 5.56 Å². The molecule has 0 atom stereocenters. The van der Waals surface area contributed by atoms with Gasteiger partial charge in [0.15, 0.2) is 5.69 Å². The molecule has 6 nitrogen and oxygen atoms in total. The molecule has 29 heavy (non-hydrogen) atoms. The average Bonchev–Trinajstić information content (AvgIpc) is 3.04. The van der Waals surface area contributed by atoms with Gasteiger partial charge in [0.2, 0.25) is 4.96 Å². The molecular formula is C22H19N3O3S.